The van der Waals surface area contributed by atoms with Crippen molar-refractivity contribution in [1.29, 1.82) is 0 Å². The molecule has 0 aromatic carbocycles. The number of amides is 1. The molecule has 1 amide bonds. The number of carbonyl (C=O) groups excluding carboxylic acids is 1. The smallest absolute Gasteiger partial charge is 0.250 e. The molecule has 0 radical (unpaired) electrons. The fourth-order valence-electron chi connectivity index (χ4n) is 0.927. The van der Waals surface area contributed by atoms with E-state index in [1.165, 1.54) is 18.4 Å². The molecule has 1 unspecified atom stereocenters. The van der Waals surface area contributed by atoms with Crippen LogP contribution in [0.3, 0.4) is 0 Å². The number of nitrogens with zero attached hydrogens (tertiary/aromatic N) is 1. The molecule has 0 saturated carbocycles. The molecule has 14 heavy (non-hydrogen) atoms. The SMILES string of the molecule is COC(CN)C(=O)NCc1nccs1. The molecule has 78 valence electrons. The van der Waals surface area contributed by atoms with Gasteiger partial charge in [0, 0.05) is 25.2 Å². The van der Waals surface area contributed by atoms with E-state index in [4.69, 9.17) is 10.5 Å². The summed E-state index contributed by atoms with van der Waals surface area (Å²) in [5, 5.41) is 5.42. The Kier molecular flexibility index (Phi) is 4.51. The van der Waals surface area contributed by atoms with Crippen LogP contribution in [0.15, 0.2) is 11.6 Å². The first-order valence-corrected chi connectivity index (χ1v) is 5.04. The number of hydrogen-bond acceptors (Lipinski definition) is 5. The van der Waals surface area contributed by atoms with Gasteiger partial charge in [-0.15, -0.1) is 11.3 Å². The highest BCUT2D eigenvalue weighted by Crippen LogP contribution is 2.02. The third kappa shape index (κ3) is 3.06. The van der Waals surface area contributed by atoms with E-state index in [0.717, 1.165) is 5.01 Å². The zero-order chi connectivity index (χ0) is 10.4. The van der Waals surface area contributed by atoms with Crippen molar-refractivity contribution < 1.29 is 9.53 Å². The molecule has 1 rings (SSSR count). The average molecular weight is 215 g/mol. The Labute approximate surface area is 86.3 Å². The van der Waals surface area contributed by atoms with E-state index >= 15 is 0 Å². The molecule has 0 aliphatic carbocycles. The van der Waals surface area contributed by atoms with Gasteiger partial charge in [-0.2, -0.15) is 0 Å². The molecule has 0 spiro atoms. The summed E-state index contributed by atoms with van der Waals surface area (Å²) in [6.45, 7) is 0.608. The maximum absolute atomic E-state index is 11.4. The van der Waals surface area contributed by atoms with E-state index in [0.29, 0.717) is 6.54 Å². The number of aromatic nitrogens is 1. The summed E-state index contributed by atoms with van der Waals surface area (Å²) in [6.07, 6.45) is 1.12. The monoisotopic (exact) mass is 215 g/mol. The summed E-state index contributed by atoms with van der Waals surface area (Å²) in [6, 6.07) is 0. The van der Waals surface area contributed by atoms with Crippen LogP contribution >= 0.6 is 11.3 Å². The first kappa shape index (κ1) is 11.1. The minimum atomic E-state index is -0.574. The van der Waals surface area contributed by atoms with Crippen LogP contribution in [0, 0.1) is 0 Å². The van der Waals surface area contributed by atoms with Crippen LogP contribution in [-0.2, 0) is 16.1 Å². The molecular formula is C8H13N3O2S. The second kappa shape index (κ2) is 5.69. The van der Waals surface area contributed by atoms with Crippen molar-refractivity contribution in [3.05, 3.63) is 16.6 Å². The van der Waals surface area contributed by atoms with E-state index in [1.807, 2.05) is 5.38 Å². The van der Waals surface area contributed by atoms with Crippen LogP contribution in [0.1, 0.15) is 5.01 Å². The molecule has 0 aliphatic heterocycles. The number of carbonyl (C=O) groups is 1. The van der Waals surface area contributed by atoms with Gasteiger partial charge < -0.3 is 15.8 Å². The second-order valence-corrected chi connectivity index (χ2v) is 3.58. The van der Waals surface area contributed by atoms with Crippen molar-refractivity contribution in [1.82, 2.24) is 10.3 Å². The minimum Gasteiger partial charge on any atom is -0.370 e. The van der Waals surface area contributed by atoms with Gasteiger partial charge in [-0.3, -0.25) is 4.79 Å². The predicted molar refractivity (Wildman–Crippen MR) is 53.8 cm³/mol. The van der Waals surface area contributed by atoms with Gasteiger partial charge in [0.2, 0.25) is 0 Å². The van der Waals surface area contributed by atoms with E-state index in [-0.39, 0.29) is 12.5 Å². The summed E-state index contributed by atoms with van der Waals surface area (Å²) in [4.78, 5) is 15.4. The maximum atomic E-state index is 11.4. The Balaban J connectivity index is 2.34. The first-order valence-electron chi connectivity index (χ1n) is 4.17. The van der Waals surface area contributed by atoms with Crippen molar-refractivity contribution in [2.75, 3.05) is 13.7 Å². The predicted octanol–water partition coefficient (Wildman–Crippen LogP) is -0.267. The standard InChI is InChI=1S/C8H13N3O2S/c1-13-6(4-9)8(12)11-5-7-10-2-3-14-7/h2-3,6H,4-5,9H2,1H3,(H,11,12). The highest BCUT2D eigenvalue weighted by molar-refractivity contribution is 7.09. The molecule has 5 nitrogen and oxygen atoms in total. The maximum Gasteiger partial charge on any atom is 0.250 e. The Morgan fingerprint density at radius 3 is 3.14 bits per heavy atom. The van der Waals surface area contributed by atoms with E-state index in [1.54, 1.807) is 6.20 Å². The average Bonchev–Trinajstić information content (AvgIpc) is 2.69. The Bertz CT molecular complexity index is 272. The van der Waals surface area contributed by atoms with Crippen LogP contribution in [-0.4, -0.2) is 30.6 Å². The quantitative estimate of drug-likeness (QED) is 0.709. The number of nitrogens with two attached hydrogens (primary N) is 1. The topological polar surface area (TPSA) is 77.2 Å². The number of nitrogens with one attached hydrogen (secondary N) is 1. The molecule has 1 aromatic rings. The number of thiazole rings is 1. The van der Waals surface area contributed by atoms with Crippen LogP contribution in [0.4, 0.5) is 0 Å². The van der Waals surface area contributed by atoms with Gasteiger partial charge in [-0.1, -0.05) is 0 Å². The molecule has 0 bridgehead atoms. The fourth-order valence-corrected chi connectivity index (χ4v) is 1.48. The van der Waals surface area contributed by atoms with Crippen molar-refractivity contribution in [3.8, 4) is 0 Å². The lowest BCUT2D eigenvalue weighted by Gasteiger charge is -2.11. The molecule has 1 atom stereocenters. The zero-order valence-corrected chi connectivity index (χ0v) is 8.71. The van der Waals surface area contributed by atoms with Crippen LogP contribution < -0.4 is 11.1 Å². The molecule has 0 fully saturated rings. The molecule has 6 heteroatoms. The van der Waals surface area contributed by atoms with Gasteiger partial charge in [-0.25, -0.2) is 4.98 Å². The van der Waals surface area contributed by atoms with Gasteiger partial charge in [0.05, 0.1) is 6.54 Å². The number of hydrogen-bond donors (Lipinski definition) is 2. The fraction of sp³-hybridized carbons (Fsp3) is 0.500. The molecule has 0 aliphatic rings. The third-order valence-corrected chi connectivity index (χ3v) is 2.47. The normalized spacial score (nSPS) is 12.4. The summed E-state index contributed by atoms with van der Waals surface area (Å²) < 4.78 is 4.88. The van der Waals surface area contributed by atoms with Crippen molar-refractivity contribution >= 4 is 17.2 Å². The zero-order valence-electron chi connectivity index (χ0n) is 7.90. The largest absolute Gasteiger partial charge is 0.370 e. The summed E-state index contributed by atoms with van der Waals surface area (Å²) in [7, 11) is 1.46. The summed E-state index contributed by atoms with van der Waals surface area (Å²) in [5.41, 5.74) is 5.33. The van der Waals surface area contributed by atoms with Gasteiger partial charge in [0.1, 0.15) is 11.1 Å². The molecule has 1 heterocycles. The van der Waals surface area contributed by atoms with Gasteiger partial charge in [-0.05, 0) is 0 Å². The Morgan fingerprint density at radius 2 is 2.64 bits per heavy atom. The lowest BCUT2D eigenvalue weighted by Crippen LogP contribution is -2.40. The lowest BCUT2D eigenvalue weighted by molar-refractivity contribution is -0.130. The van der Waals surface area contributed by atoms with Crippen LogP contribution in [0.25, 0.3) is 0 Å². The second-order valence-electron chi connectivity index (χ2n) is 2.60. The van der Waals surface area contributed by atoms with Gasteiger partial charge >= 0.3 is 0 Å². The third-order valence-electron chi connectivity index (χ3n) is 1.69. The summed E-state index contributed by atoms with van der Waals surface area (Å²) >= 11 is 1.49. The Hall–Kier alpha value is -0.980. The van der Waals surface area contributed by atoms with Gasteiger partial charge in [0.25, 0.3) is 5.91 Å². The highest BCUT2D eigenvalue weighted by Gasteiger charge is 2.14. The Morgan fingerprint density at radius 1 is 1.86 bits per heavy atom. The molecular weight excluding hydrogens is 202 g/mol. The van der Waals surface area contributed by atoms with Crippen molar-refractivity contribution in [2.24, 2.45) is 5.73 Å². The van der Waals surface area contributed by atoms with E-state index < -0.39 is 6.10 Å². The number of rotatable bonds is 5. The van der Waals surface area contributed by atoms with Crippen LogP contribution in [0.5, 0.6) is 0 Å². The van der Waals surface area contributed by atoms with E-state index in [9.17, 15) is 4.79 Å². The number of methoxy groups -OCH3 is 1. The lowest BCUT2D eigenvalue weighted by atomic mass is 10.3. The van der Waals surface area contributed by atoms with Crippen molar-refractivity contribution in [2.45, 2.75) is 12.6 Å². The van der Waals surface area contributed by atoms with Gasteiger partial charge in [0.15, 0.2) is 0 Å². The minimum absolute atomic E-state index is 0.181. The molecule has 3 N–H and O–H groups in total. The highest BCUT2D eigenvalue weighted by atomic mass is 32.1. The molecule has 0 saturated heterocycles. The first-order chi connectivity index (χ1) is 6.77. The summed E-state index contributed by atoms with van der Waals surface area (Å²) in [5.74, 6) is -0.204. The van der Waals surface area contributed by atoms with Crippen molar-refractivity contribution in [3.63, 3.8) is 0 Å². The van der Waals surface area contributed by atoms with Crippen LogP contribution in [0.2, 0.25) is 0 Å². The number of ether oxygens (including phenoxy) is 1. The van der Waals surface area contributed by atoms with E-state index in [2.05, 4.69) is 10.3 Å². The molecule has 1 aromatic heterocycles.